The molecule has 0 amide bonds. The van der Waals surface area contributed by atoms with Gasteiger partial charge in [-0.25, -0.2) is 0 Å². The Morgan fingerprint density at radius 2 is 1.14 bits per heavy atom. The van der Waals surface area contributed by atoms with Gasteiger partial charge >= 0.3 is 0 Å². The van der Waals surface area contributed by atoms with Crippen molar-refractivity contribution >= 4 is 0 Å². The van der Waals surface area contributed by atoms with Gasteiger partial charge in [0.05, 0.1) is 0 Å². The minimum Gasteiger partial charge on any atom is -0.412 e. The Kier molecular flexibility index (Phi) is 11.1. The highest BCUT2D eigenvalue weighted by atomic mass is 16.0. The van der Waals surface area contributed by atoms with Gasteiger partial charge in [-0.1, -0.05) is 72.6 Å². The molecule has 0 aliphatic rings. The van der Waals surface area contributed by atoms with Crippen LogP contribution in [0.1, 0.15) is 79.1 Å². The van der Waals surface area contributed by atoms with Crippen molar-refractivity contribution in [3.05, 3.63) is 0 Å². The molecule has 0 aromatic carbocycles. The molecule has 0 unspecified atom stereocenters. The highest BCUT2D eigenvalue weighted by molar-refractivity contribution is 4.60. The van der Waals surface area contributed by atoms with Crippen molar-refractivity contribution < 1.29 is 5.48 Å². The third kappa shape index (κ3) is 14.5. The van der Waals surface area contributed by atoms with Gasteiger partial charge in [0.2, 0.25) is 0 Å². The second-order valence-corrected chi connectivity index (χ2v) is 5.43. The van der Waals surface area contributed by atoms with Gasteiger partial charge in [-0.3, -0.25) is 0 Å². The molecule has 0 saturated carbocycles. The van der Waals surface area contributed by atoms with Crippen molar-refractivity contribution in [1.29, 1.82) is 0 Å². The van der Waals surface area contributed by atoms with E-state index in [4.69, 9.17) is 0 Å². The van der Waals surface area contributed by atoms with Crippen molar-refractivity contribution in [3.63, 3.8) is 0 Å². The first-order chi connectivity index (χ1) is 6.06. The van der Waals surface area contributed by atoms with Crippen LogP contribution in [0.5, 0.6) is 0 Å². The Morgan fingerprint density at radius 3 is 1.57 bits per heavy atom. The summed E-state index contributed by atoms with van der Waals surface area (Å²) >= 11 is 0. The standard InChI is InChI=1S/C13H28.H2O/c1-5-6-7-8-9-10-11-12-13(2,3)4;/h5-12H2,1-4H3;1H2. The molecule has 0 bridgehead atoms. The Morgan fingerprint density at radius 1 is 0.714 bits per heavy atom. The largest absolute Gasteiger partial charge is 0.412 e. The molecule has 0 heterocycles. The minimum atomic E-state index is 0. The molecule has 1 heteroatoms. The maximum atomic E-state index is 2.34. The molecule has 0 aromatic rings. The molecule has 0 atom stereocenters. The topological polar surface area (TPSA) is 31.5 Å². The number of hydrogen-bond acceptors (Lipinski definition) is 0. The van der Waals surface area contributed by atoms with Crippen LogP contribution in [0, 0.1) is 5.41 Å². The summed E-state index contributed by atoms with van der Waals surface area (Å²) < 4.78 is 0. The van der Waals surface area contributed by atoms with E-state index in [0.717, 1.165) is 0 Å². The lowest BCUT2D eigenvalue weighted by molar-refractivity contribution is 0.356. The normalized spacial score (nSPS) is 11.1. The summed E-state index contributed by atoms with van der Waals surface area (Å²) in [5, 5.41) is 0. The first-order valence-corrected chi connectivity index (χ1v) is 6.06. The van der Waals surface area contributed by atoms with E-state index < -0.39 is 0 Å². The quantitative estimate of drug-likeness (QED) is 0.550. The van der Waals surface area contributed by atoms with Gasteiger partial charge in [0.15, 0.2) is 0 Å². The molecule has 0 fully saturated rings. The Bertz CT molecular complexity index is 102. The van der Waals surface area contributed by atoms with Crippen LogP contribution >= 0.6 is 0 Å². The van der Waals surface area contributed by atoms with Crippen LogP contribution in [0.25, 0.3) is 0 Å². The molecular formula is C13H30O. The third-order valence-electron chi connectivity index (χ3n) is 2.53. The predicted molar refractivity (Wildman–Crippen MR) is 65.7 cm³/mol. The SMILES string of the molecule is CCCCCCCCCC(C)(C)C.O. The Hall–Kier alpha value is -0.0400. The minimum absolute atomic E-state index is 0. The summed E-state index contributed by atoms with van der Waals surface area (Å²) in [6, 6.07) is 0. The molecule has 14 heavy (non-hydrogen) atoms. The molecule has 0 rings (SSSR count). The van der Waals surface area contributed by atoms with Gasteiger partial charge in [-0.05, 0) is 11.8 Å². The number of unbranched alkanes of at least 4 members (excludes halogenated alkanes) is 6. The fourth-order valence-corrected chi connectivity index (χ4v) is 1.61. The second kappa shape index (κ2) is 9.51. The van der Waals surface area contributed by atoms with E-state index in [9.17, 15) is 0 Å². The van der Waals surface area contributed by atoms with E-state index >= 15 is 0 Å². The lowest BCUT2D eigenvalue weighted by Crippen LogP contribution is -2.03. The van der Waals surface area contributed by atoms with Gasteiger partial charge in [0.25, 0.3) is 0 Å². The van der Waals surface area contributed by atoms with Gasteiger partial charge in [-0.2, -0.15) is 0 Å². The zero-order valence-corrected chi connectivity index (χ0v) is 10.7. The smallest absolute Gasteiger partial charge is 0.0383 e. The zero-order valence-electron chi connectivity index (χ0n) is 10.7. The summed E-state index contributed by atoms with van der Waals surface area (Å²) in [7, 11) is 0. The summed E-state index contributed by atoms with van der Waals surface area (Å²) in [6.07, 6.45) is 11.4. The monoisotopic (exact) mass is 202 g/mol. The summed E-state index contributed by atoms with van der Waals surface area (Å²) in [4.78, 5) is 0. The van der Waals surface area contributed by atoms with Crippen molar-refractivity contribution in [2.75, 3.05) is 0 Å². The van der Waals surface area contributed by atoms with Crippen LogP contribution in [-0.2, 0) is 0 Å². The number of hydrogen-bond donors (Lipinski definition) is 0. The van der Waals surface area contributed by atoms with Crippen LogP contribution < -0.4 is 0 Å². The summed E-state index contributed by atoms with van der Waals surface area (Å²) in [5.41, 5.74) is 0.545. The van der Waals surface area contributed by atoms with Gasteiger partial charge < -0.3 is 5.48 Å². The maximum Gasteiger partial charge on any atom is -0.0383 e. The molecule has 0 spiro atoms. The lowest BCUT2D eigenvalue weighted by Gasteiger charge is -2.17. The summed E-state index contributed by atoms with van der Waals surface area (Å²) in [6.45, 7) is 9.29. The van der Waals surface area contributed by atoms with Crippen LogP contribution in [0.15, 0.2) is 0 Å². The number of rotatable bonds is 7. The fourth-order valence-electron chi connectivity index (χ4n) is 1.61. The summed E-state index contributed by atoms with van der Waals surface area (Å²) in [5.74, 6) is 0. The lowest BCUT2D eigenvalue weighted by atomic mass is 9.89. The Balaban J connectivity index is 0. The molecule has 0 aromatic heterocycles. The average Bonchev–Trinajstić information content (AvgIpc) is 2.01. The van der Waals surface area contributed by atoms with Crippen molar-refractivity contribution in [1.82, 2.24) is 0 Å². The molecule has 0 aliphatic heterocycles. The molecule has 1 nitrogen and oxygen atoms in total. The highest BCUT2D eigenvalue weighted by Crippen LogP contribution is 2.22. The maximum absolute atomic E-state index is 2.34. The van der Waals surface area contributed by atoms with E-state index in [2.05, 4.69) is 27.7 Å². The molecule has 88 valence electrons. The van der Waals surface area contributed by atoms with E-state index in [1.807, 2.05) is 0 Å². The van der Waals surface area contributed by atoms with Crippen LogP contribution in [0.4, 0.5) is 0 Å². The van der Waals surface area contributed by atoms with Crippen LogP contribution in [0.3, 0.4) is 0 Å². The van der Waals surface area contributed by atoms with Gasteiger partial charge in [0, 0.05) is 0 Å². The van der Waals surface area contributed by atoms with E-state index in [-0.39, 0.29) is 5.48 Å². The first kappa shape index (κ1) is 16.4. The molecule has 2 N–H and O–H groups in total. The van der Waals surface area contributed by atoms with E-state index in [1.165, 1.54) is 51.4 Å². The fraction of sp³-hybridized carbons (Fsp3) is 1.00. The first-order valence-electron chi connectivity index (χ1n) is 6.06. The van der Waals surface area contributed by atoms with Gasteiger partial charge in [-0.15, -0.1) is 0 Å². The molecule has 0 aliphatic carbocycles. The molecular weight excluding hydrogens is 172 g/mol. The zero-order chi connectivity index (χ0) is 10.2. The highest BCUT2D eigenvalue weighted by Gasteiger charge is 2.08. The van der Waals surface area contributed by atoms with E-state index in [1.54, 1.807) is 0 Å². The van der Waals surface area contributed by atoms with Gasteiger partial charge in [0.1, 0.15) is 0 Å². The van der Waals surface area contributed by atoms with Crippen molar-refractivity contribution in [2.45, 2.75) is 79.1 Å². The van der Waals surface area contributed by atoms with E-state index in [0.29, 0.717) is 5.41 Å². The van der Waals surface area contributed by atoms with Crippen LogP contribution in [0.2, 0.25) is 0 Å². The van der Waals surface area contributed by atoms with Crippen LogP contribution in [-0.4, -0.2) is 5.48 Å². The Labute approximate surface area is 90.6 Å². The third-order valence-corrected chi connectivity index (χ3v) is 2.53. The van der Waals surface area contributed by atoms with Crippen molar-refractivity contribution in [2.24, 2.45) is 5.41 Å². The molecule has 0 radical (unpaired) electrons. The second-order valence-electron chi connectivity index (χ2n) is 5.43. The predicted octanol–water partition coefficient (Wildman–Crippen LogP) is 4.35. The average molecular weight is 202 g/mol. The molecule has 0 saturated heterocycles. The van der Waals surface area contributed by atoms with Crippen molar-refractivity contribution in [3.8, 4) is 0 Å².